The van der Waals surface area contributed by atoms with Crippen molar-refractivity contribution in [1.29, 1.82) is 0 Å². The number of hydrogen-bond donors (Lipinski definition) is 2. The van der Waals surface area contributed by atoms with Crippen molar-refractivity contribution in [2.24, 2.45) is 0 Å². The van der Waals surface area contributed by atoms with Crippen molar-refractivity contribution in [1.82, 2.24) is 14.5 Å². The van der Waals surface area contributed by atoms with Crippen LogP contribution >= 0.6 is 0 Å². The highest BCUT2D eigenvalue weighted by molar-refractivity contribution is 5.91. The zero-order valence-electron chi connectivity index (χ0n) is 23.3. The van der Waals surface area contributed by atoms with Gasteiger partial charge in [0.1, 0.15) is 6.54 Å². The lowest BCUT2D eigenvalue weighted by molar-refractivity contribution is -0.121. The lowest BCUT2D eigenvalue weighted by atomic mass is 10.0. The minimum atomic E-state index is -0.624. The van der Waals surface area contributed by atoms with E-state index in [4.69, 9.17) is 4.74 Å². The van der Waals surface area contributed by atoms with Gasteiger partial charge in [0.25, 0.3) is 5.56 Å². The summed E-state index contributed by atoms with van der Waals surface area (Å²) < 4.78 is 7.91. The van der Waals surface area contributed by atoms with Crippen molar-refractivity contribution in [3.63, 3.8) is 0 Å². The third-order valence-corrected chi connectivity index (χ3v) is 7.32. The number of benzene rings is 3. The average Bonchev–Trinajstić information content (AvgIpc) is 3.49. The number of nitrogens with zero attached hydrogens (tertiary/aromatic N) is 2. The van der Waals surface area contributed by atoms with Crippen LogP contribution < -0.4 is 21.9 Å². The molecule has 5 rings (SSSR count). The Morgan fingerprint density at radius 1 is 0.951 bits per heavy atom. The molecule has 9 nitrogen and oxygen atoms in total. The van der Waals surface area contributed by atoms with Gasteiger partial charge in [0.2, 0.25) is 11.8 Å². The van der Waals surface area contributed by atoms with E-state index < -0.39 is 11.2 Å². The Morgan fingerprint density at radius 2 is 1.68 bits per heavy atom. The first-order chi connectivity index (χ1) is 19.8. The molecule has 4 aromatic rings. The SMILES string of the molecule is CC(C)c1ccc(NC(=O)Cn2c(=O)n(-c3ccc(CC(=O)NC[C@@H]4CCCO4)cc3)c(=O)c3ccccc32)cc1. The maximum atomic E-state index is 13.7. The van der Waals surface area contributed by atoms with Gasteiger partial charge in [0.15, 0.2) is 0 Å². The number of fused-ring (bicyclic) bond motifs is 1. The van der Waals surface area contributed by atoms with Crippen molar-refractivity contribution < 1.29 is 14.3 Å². The van der Waals surface area contributed by atoms with E-state index in [1.54, 1.807) is 48.5 Å². The molecule has 1 aromatic heterocycles. The quantitative estimate of drug-likeness (QED) is 0.327. The van der Waals surface area contributed by atoms with Crippen LogP contribution in [-0.2, 0) is 27.3 Å². The van der Waals surface area contributed by atoms with Crippen LogP contribution in [0.1, 0.15) is 43.7 Å². The molecule has 0 spiro atoms. The van der Waals surface area contributed by atoms with Gasteiger partial charge in [0, 0.05) is 18.8 Å². The zero-order chi connectivity index (χ0) is 28.9. The van der Waals surface area contributed by atoms with Crippen LogP contribution in [0.3, 0.4) is 0 Å². The second-order valence-electron chi connectivity index (χ2n) is 10.6. The molecule has 2 heterocycles. The van der Waals surface area contributed by atoms with E-state index in [1.165, 1.54) is 4.57 Å². The molecular weight excluding hydrogens is 520 g/mol. The third kappa shape index (κ3) is 6.47. The maximum Gasteiger partial charge on any atom is 0.336 e. The Kier molecular flexibility index (Phi) is 8.45. The number of hydrogen-bond acceptors (Lipinski definition) is 5. The summed E-state index contributed by atoms with van der Waals surface area (Å²) in [5.41, 5.74) is 2.16. The Hall–Kier alpha value is -4.50. The first-order valence-corrected chi connectivity index (χ1v) is 13.9. The Bertz CT molecular complexity index is 1660. The molecule has 1 aliphatic rings. The number of anilines is 1. The summed E-state index contributed by atoms with van der Waals surface area (Å²) in [5, 5.41) is 6.06. The summed E-state index contributed by atoms with van der Waals surface area (Å²) in [6, 6.07) is 21.0. The van der Waals surface area contributed by atoms with Crippen LogP contribution in [-0.4, -0.2) is 40.2 Å². The summed E-state index contributed by atoms with van der Waals surface area (Å²) in [5.74, 6) is -0.138. The van der Waals surface area contributed by atoms with E-state index >= 15 is 0 Å². The Balaban J connectivity index is 1.37. The van der Waals surface area contributed by atoms with Gasteiger partial charge in [-0.2, -0.15) is 0 Å². The van der Waals surface area contributed by atoms with Crippen LogP contribution in [0.4, 0.5) is 5.69 Å². The first-order valence-electron chi connectivity index (χ1n) is 13.9. The van der Waals surface area contributed by atoms with Crippen LogP contribution in [0.2, 0.25) is 0 Å². The summed E-state index contributed by atoms with van der Waals surface area (Å²) in [6.45, 7) is 5.14. The van der Waals surface area contributed by atoms with Crippen molar-refractivity contribution in [3.05, 3.63) is 105 Å². The fourth-order valence-corrected chi connectivity index (χ4v) is 5.04. The molecular formula is C32H34N4O5. The second-order valence-corrected chi connectivity index (χ2v) is 10.6. The number of ether oxygens (including phenoxy) is 1. The second kappa shape index (κ2) is 12.3. The van der Waals surface area contributed by atoms with Gasteiger partial charge in [-0.3, -0.25) is 19.0 Å². The number of para-hydroxylation sites is 1. The fourth-order valence-electron chi connectivity index (χ4n) is 5.04. The largest absolute Gasteiger partial charge is 0.376 e. The molecule has 3 aromatic carbocycles. The van der Waals surface area contributed by atoms with E-state index in [9.17, 15) is 19.2 Å². The molecule has 2 N–H and O–H groups in total. The van der Waals surface area contributed by atoms with Crippen molar-refractivity contribution in [3.8, 4) is 5.69 Å². The topological polar surface area (TPSA) is 111 Å². The number of carbonyl (C=O) groups excluding carboxylic acids is 2. The van der Waals surface area contributed by atoms with Gasteiger partial charge in [-0.25, -0.2) is 9.36 Å². The van der Waals surface area contributed by atoms with Crippen molar-refractivity contribution >= 4 is 28.4 Å². The van der Waals surface area contributed by atoms with Crippen molar-refractivity contribution in [2.75, 3.05) is 18.5 Å². The van der Waals surface area contributed by atoms with Gasteiger partial charge < -0.3 is 15.4 Å². The van der Waals surface area contributed by atoms with Gasteiger partial charge in [0.05, 0.1) is 29.1 Å². The first kappa shape index (κ1) is 28.0. The van der Waals surface area contributed by atoms with E-state index in [0.717, 1.165) is 35.1 Å². The van der Waals surface area contributed by atoms with Crippen LogP contribution in [0.25, 0.3) is 16.6 Å². The summed E-state index contributed by atoms with van der Waals surface area (Å²) in [4.78, 5) is 52.5. The Morgan fingerprint density at radius 3 is 2.37 bits per heavy atom. The molecule has 0 bridgehead atoms. The van der Waals surface area contributed by atoms with Gasteiger partial charge in [-0.1, -0.05) is 50.2 Å². The predicted octanol–water partition coefficient (Wildman–Crippen LogP) is 3.75. The molecule has 0 radical (unpaired) electrons. The highest BCUT2D eigenvalue weighted by atomic mass is 16.5. The Labute approximate surface area is 237 Å². The normalized spacial score (nSPS) is 14.9. The number of carbonyl (C=O) groups is 2. The monoisotopic (exact) mass is 554 g/mol. The van der Waals surface area contributed by atoms with Crippen LogP contribution in [0.15, 0.2) is 82.4 Å². The molecule has 1 fully saturated rings. The summed E-state index contributed by atoms with van der Waals surface area (Å²) in [6.07, 6.45) is 2.19. The minimum absolute atomic E-state index is 0.0655. The molecule has 9 heteroatoms. The number of nitrogens with one attached hydrogen (secondary N) is 2. The molecule has 0 aliphatic carbocycles. The lowest BCUT2D eigenvalue weighted by Crippen LogP contribution is -2.40. The molecule has 1 atom stereocenters. The van der Waals surface area contributed by atoms with Crippen LogP contribution in [0, 0.1) is 0 Å². The highest BCUT2D eigenvalue weighted by Gasteiger charge is 2.18. The van der Waals surface area contributed by atoms with Crippen LogP contribution in [0.5, 0.6) is 0 Å². The highest BCUT2D eigenvalue weighted by Crippen LogP contribution is 2.18. The summed E-state index contributed by atoms with van der Waals surface area (Å²) in [7, 11) is 0. The number of amides is 2. The fraction of sp³-hybridized carbons (Fsp3) is 0.312. The van der Waals surface area contributed by atoms with Crippen molar-refractivity contribution in [2.45, 2.75) is 51.7 Å². The maximum absolute atomic E-state index is 13.7. The lowest BCUT2D eigenvalue weighted by Gasteiger charge is -2.15. The van der Waals surface area contributed by atoms with E-state index in [1.807, 2.05) is 24.3 Å². The van der Waals surface area contributed by atoms with E-state index in [-0.39, 0.29) is 30.9 Å². The molecule has 0 saturated carbocycles. The van der Waals surface area contributed by atoms with Gasteiger partial charge in [-0.15, -0.1) is 0 Å². The van der Waals surface area contributed by atoms with E-state index in [0.29, 0.717) is 34.7 Å². The number of aromatic nitrogens is 2. The minimum Gasteiger partial charge on any atom is -0.376 e. The number of rotatable bonds is 9. The van der Waals surface area contributed by atoms with Gasteiger partial charge in [-0.05, 0) is 66.3 Å². The zero-order valence-corrected chi connectivity index (χ0v) is 23.3. The predicted molar refractivity (Wildman–Crippen MR) is 159 cm³/mol. The third-order valence-electron chi connectivity index (χ3n) is 7.32. The standard InChI is InChI=1S/C32H34N4O5/c1-21(2)23-11-13-24(14-12-23)34-30(38)20-35-28-8-4-3-7-27(28)31(39)36(32(35)40)25-15-9-22(10-16-25)18-29(37)33-19-26-6-5-17-41-26/h3-4,7-16,21,26H,5-6,17-20H2,1-2H3,(H,33,37)(H,34,38)/t26-/m0/s1. The van der Waals surface area contributed by atoms with Gasteiger partial charge >= 0.3 is 5.69 Å². The molecule has 212 valence electrons. The molecule has 1 aliphatic heterocycles. The average molecular weight is 555 g/mol. The smallest absolute Gasteiger partial charge is 0.336 e. The summed E-state index contributed by atoms with van der Waals surface area (Å²) >= 11 is 0. The van der Waals surface area contributed by atoms with E-state index in [2.05, 4.69) is 24.5 Å². The molecule has 0 unspecified atom stereocenters. The molecule has 2 amide bonds. The molecule has 1 saturated heterocycles. The molecule has 41 heavy (non-hydrogen) atoms.